The normalized spacial score (nSPS) is 19.2. The fourth-order valence-corrected chi connectivity index (χ4v) is 3.80. The van der Waals surface area contributed by atoms with E-state index in [1.165, 1.54) is 22.2 Å². The molecule has 1 unspecified atom stereocenters. The summed E-state index contributed by atoms with van der Waals surface area (Å²) >= 11 is 6.17. The number of rotatable bonds is 3. The van der Waals surface area contributed by atoms with Crippen LogP contribution in [0.4, 0.5) is 0 Å². The number of likely N-dealkylation sites (tertiary alicyclic amines) is 1. The van der Waals surface area contributed by atoms with Crippen LogP contribution in [-0.2, 0) is 0 Å². The van der Waals surface area contributed by atoms with Crippen LogP contribution in [0.5, 0.6) is 0 Å². The lowest BCUT2D eigenvalue weighted by molar-refractivity contribution is 0.109. The van der Waals surface area contributed by atoms with Gasteiger partial charge in [-0.15, -0.1) is 0 Å². The van der Waals surface area contributed by atoms with Gasteiger partial charge in [-0.25, -0.2) is 0 Å². The predicted molar refractivity (Wildman–Crippen MR) is 88.1 cm³/mol. The number of fused-ring (bicyclic) bond motifs is 1. The first-order valence-corrected chi connectivity index (χ1v) is 8.10. The molecule has 0 spiro atoms. The summed E-state index contributed by atoms with van der Waals surface area (Å²) in [6.07, 6.45) is 2.05. The van der Waals surface area contributed by atoms with Gasteiger partial charge in [0.05, 0.1) is 6.10 Å². The molecule has 2 aromatic rings. The third kappa shape index (κ3) is 3.10. The van der Waals surface area contributed by atoms with Crippen molar-refractivity contribution >= 4 is 22.5 Å². The Morgan fingerprint density at radius 1 is 1.38 bits per heavy atom. The minimum Gasteiger partial charge on any atom is -0.392 e. The van der Waals surface area contributed by atoms with Crippen molar-refractivity contribution in [2.45, 2.75) is 38.7 Å². The summed E-state index contributed by atoms with van der Waals surface area (Å²) in [6.45, 7) is 6.92. The molecular weight excluding hydrogens is 284 g/mol. The van der Waals surface area contributed by atoms with E-state index in [0.29, 0.717) is 5.92 Å². The van der Waals surface area contributed by atoms with Gasteiger partial charge in [0.15, 0.2) is 0 Å². The number of aromatic amines is 1. The largest absolute Gasteiger partial charge is 0.392 e. The highest BCUT2D eigenvalue weighted by molar-refractivity contribution is 6.31. The Morgan fingerprint density at radius 3 is 2.76 bits per heavy atom. The lowest BCUT2D eigenvalue weighted by Gasteiger charge is -2.33. The van der Waals surface area contributed by atoms with Crippen molar-refractivity contribution in [1.82, 2.24) is 9.88 Å². The lowest BCUT2D eigenvalue weighted by Crippen LogP contribution is -2.37. The molecule has 1 saturated heterocycles. The van der Waals surface area contributed by atoms with Gasteiger partial charge in [0.1, 0.15) is 0 Å². The van der Waals surface area contributed by atoms with Crippen molar-refractivity contribution in [3.8, 4) is 0 Å². The van der Waals surface area contributed by atoms with E-state index < -0.39 is 0 Å². The van der Waals surface area contributed by atoms with Crippen LogP contribution in [0.3, 0.4) is 0 Å². The average molecular weight is 307 g/mol. The molecule has 1 aliphatic heterocycles. The van der Waals surface area contributed by atoms with E-state index in [9.17, 15) is 5.11 Å². The van der Waals surface area contributed by atoms with E-state index >= 15 is 0 Å². The van der Waals surface area contributed by atoms with Gasteiger partial charge in [-0.05, 0) is 69.5 Å². The fourth-order valence-electron chi connectivity index (χ4n) is 3.62. The zero-order chi connectivity index (χ0) is 15.0. The number of hydrogen-bond acceptors (Lipinski definition) is 2. The van der Waals surface area contributed by atoms with Gasteiger partial charge in [0.25, 0.3) is 0 Å². The second kappa shape index (κ2) is 5.99. The Balaban J connectivity index is 1.82. The number of aromatic nitrogens is 1. The number of β-amino-alcohol motifs (C(OH)–C–C–N with tert-alkyl or cyclic N) is 1. The second-order valence-electron chi connectivity index (χ2n) is 6.28. The van der Waals surface area contributed by atoms with Gasteiger partial charge >= 0.3 is 0 Å². The van der Waals surface area contributed by atoms with E-state index in [1.807, 2.05) is 13.0 Å². The van der Waals surface area contributed by atoms with Crippen LogP contribution >= 0.6 is 11.6 Å². The number of aryl methyl sites for hydroxylation is 1. The Labute approximate surface area is 130 Å². The molecule has 0 saturated carbocycles. The average Bonchev–Trinajstić information content (AvgIpc) is 2.74. The Morgan fingerprint density at radius 2 is 2.10 bits per heavy atom. The van der Waals surface area contributed by atoms with Gasteiger partial charge in [-0.3, -0.25) is 0 Å². The SMILES string of the molecule is Cc1[nH]c2ccc(Cl)cc2c1C1CCN(CC(C)O)CC1. The quantitative estimate of drug-likeness (QED) is 0.908. The van der Waals surface area contributed by atoms with Crippen LogP contribution in [0.25, 0.3) is 10.9 Å². The van der Waals surface area contributed by atoms with E-state index in [0.717, 1.165) is 37.5 Å². The lowest BCUT2D eigenvalue weighted by atomic mass is 9.87. The highest BCUT2D eigenvalue weighted by Gasteiger charge is 2.25. The predicted octanol–water partition coefficient (Wildman–Crippen LogP) is 3.69. The topological polar surface area (TPSA) is 39.3 Å². The molecule has 3 nitrogen and oxygen atoms in total. The molecule has 0 amide bonds. The van der Waals surface area contributed by atoms with E-state index in [2.05, 4.69) is 28.9 Å². The first-order chi connectivity index (χ1) is 10.0. The van der Waals surface area contributed by atoms with Crippen LogP contribution in [0.15, 0.2) is 18.2 Å². The maximum Gasteiger partial charge on any atom is 0.0639 e. The molecule has 0 radical (unpaired) electrons. The van der Waals surface area contributed by atoms with Crippen molar-refractivity contribution in [3.05, 3.63) is 34.5 Å². The summed E-state index contributed by atoms with van der Waals surface area (Å²) in [5.41, 5.74) is 3.88. The molecular formula is C17H23ClN2O. The maximum absolute atomic E-state index is 9.51. The molecule has 1 aromatic heterocycles. The molecule has 21 heavy (non-hydrogen) atoms. The number of H-pyrrole nitrogens is 1. The van der Waals surface area contributed by atoms with E-state index in [1.54, 1.807) is 0 Å². The van der Waals surface area contributed by atoms with E-state index in [4.69, 9.17) is 11.6 Å². The third-order valence-corrected chi connectivity index (χ3v) is 4.75. The first kappa shape index (κ1) is 14.9. The highest BCUT2D eigenvalue weighted by atomic mass is 35.5. The minimum atomic E-state index is -0.241. The first-order valence-electron chi connectivity index (χ1n) is 7.72. The molecule has 0 bridgehead atoms. The summed E-state index contributed by atoms with van der Waals surface area (Å²) in [4.78, 5) is 5.84. The molecule has 2 heterocycles. The number of nitrogens with zero attached hydrogens (tertiary/aromatic N) is 1. The summed E-state index contributed by atoms with van der Waals surface area (Å²) in [5.74, 6) is 0.586. The molecule has 1 aliphatic rings. The van der Waals surface area contributed by atoms with Crippen LogP contribution in [0.2, 0.25) is 5.02 Å². The third-order valence-electron chi connectivity index (χ3n) is 4.52. The van der Waals surface area contributed by atoms with Crippen LogP contribution in [-0.4, -0.2) is 40.7 Å². The van der Waals surface area contributed by atoms with Crippen molar-refractivity contribution < 1.29 is 5.11 Å². The number of piperidine rings is 1. The monoisotopic (exact) mass is 306 g/mol. The zero-order valence-electron chi connectivity index (χ0n) is 12.7. The number of aliphatic hydroxyl groups is 1. The molecule has 4 heteroatoms. The molecule has 3 rings (SSSR count). The fraction of sp³-hybridized carbons (Fsp3) is 0.529. The number of aliphatic hydroxyl groups excluding tert-OH is 1. The number of benzene rings is 1. The Bertz CT molecular complexity index is 627. The summed E-state index contributed by atoms with van der Waals surface area (Å²) in [5, 5.41) is 11.6. The van der Waals surface area contributed by atoms with Gasteiger partial charge in [0.2, 0.25) is 0 Å². The second-order valence-corrected chi connectivity index (χ2v) is 6.71. The van der Waals surface area contributed by atoms with Gasteiger partial charge in [-0.2, -0.15) is 0 Å². The minimum absolute atomic E-state index is 0.241. The summed E-state index contributed by atoms with van der Waals surface area (Å²) in [7, 11) is 0. The van der Waals surface area contributed by atoms with Crippen molar-refractivity contribution in [3.63, 3.8) is 0 Å². The number of halogens is 1. The molecule has 1 aromatic carbocycles. The molecule has 1 atom stereocenters. The van der Waals surface area contributed by atoms with Gasteiger partial charge in [-0.1, -0.05) is 11.6 Å². The van der Waals surface area contributed by atoms with E-state index in [-0.39, 0.29) is 6.10 Å². The number of hydrogen-bond donors (Lipinski definition) is 2. The maximum atomic E-state index is 9.51. The van der Waals surface area contributed by atoms with Crippen molar-refractivity contribution in [2.24, 2.45) is 0 Å². The summed E-state index contributed by atoms with van der Waals surface area (Å²) in [6, 6.07) is 6.09. The van der Waals surface area contributed by atoms with Crippen LogP contribution < -0.4 is 0 Å². The van der Waals surface area contributed by atoms with Crippen LogP contribution in [0.1, 0.15) is 36.9 Å². The van der Waals surface area contributed by atoms with Gasteiger partial charge in [0, 0.05) is 28.2 Å². The summed E-state index contributed by atoms with van der Waals surface area (Å²) < 4.78 is 0. The zero-order valence-corrected chi connectivity index (χ0v) is 13.5. The Hall–Kier alpha value is -1.03. The smallest absolute Gasteiger partial charge is 0.0639 e. The highest BCUT2D eigenvalue weighted by Crippen LogP contribution is 2.36. The number of nitrogens with one attached hydrogen (secondary N) is 1. The standard InChI is InChI=1S/C17H23ClN2O/c1-11(21)10-20-7-5-13(6-8-20)17-12(2)19-16-4-3-14(18)9-15(16)17/h3-4,9,11,13,19,21H,5-8,10H2,1-2H3. The molecule has 114 valence electrons. The van der Waals surface area contributed by atoms with Crippen LogP contribution in [0, 0.1) is 6.92 Å². The molecule has 2 N–H and O–H groups in total. The van der Waals surface area contributed by atoms with Gasteiger partial charge < -0.3 is 15.0 Å². The van der Waals surface area contributed by atoms with Crippen molar-refractivity contribution in [1.29, 1.82) is 0 Å². The molecule has 0 aliphatic carbocycles. The molecule has 1 fully saturated rings. The van der Waals surface area contributed by atoms with Crippen molar-refractivity contribution in [2.75, 3.05) is 19.6 Å². The Kier molecular flexibility index (Phi) is 4.25.